The highest BCUT2D eigenvalue weighted by Crippen LogP contribution is 2.28. The minimum Gasteiger partial charge on any atom is -0.465 e. The standard InChI is InChI=1S/C21H23IN4O3S/c1-25-8-10-26(11-9-25)18-7-6-15(20(28)29-2)13-17(18)23-21(30)24-19(27)14-4-3-5-16(22)12-14/h3-7,12-13H,8-11H2,1-2H3,(H2,23,24,27,30). The van der Waals surface area contributed by atoms with E-state index < -0.39 is 5.97 Å². The van der Waals surface area contributed by atoms with Crippen LogP contribution in [0.15, 0.2) is 42.5 Å². The molecule has 0 saturated carbocycles. The van der Waals surface area contributed by atoms with Crippen LogP contribution < -0.4 is 15.5 Å². The van der Waals surface area contributed by atoms with Crippen LogP contribution in [0, 0.1) is 3.57 Å². The Labute approximate surface area is 194 Å². The average Bonchev–Trinajstić information content (AvgIpc) is 2.73. The lowest BCUT2D eigenvalue weighted by Gasteiger charge is -2.35. The number of rotatable bonds is 4. The van der Waals surface area contributed by atoms with E-state index in [-0.39, 0.29) is 11.0 Å². The van der Waals surface area contributed by atoms with Crippen LogP contribution in [0.3, 0.4) is 0 Å². The molecule has 0 unspecified atom stereocenters. The summed E-state index contributed by atoms with van der Waals surface area (Å²) in [6.45, 7) is 3.58. The normalized spacial score (nSPS) is 14.2. The third kappa shape index (κ3) is 5.67. The third-order valence-electron chi connectivity index (χ3n) is 4.82. The van der Waals surface area contributed by atoms with Gasteiger partial charge in [0.1, 0.15) is 0 Å². The number of nitrogens with one attached hydrogen (secondary N) is 2. The molecule has 9 heteroatoms. The Hall–Kier alpha value is -2.24. The van der Waals surface area contributed by atoms with Gasteiger partial charge in [-0.15, -0.1) is 0 Å². The van der Waals surface area contributed by atoms with E-state index in [0.717, 1.165) is 35.4 Å². The number of carbonyl (C=O) groups excluding carboxylic acids is 2. The van der Waals surface area contributed by atoms with Gasteiger partial charge >= 0.3 is 5.97 Å². The molecule has 3 rings (SSSR count). The lowest BCUT2D eigenvalue weighted by molar-refractivity contribution is 0.0600. The number of amides is 1. The molecular formula is C21H23IN4O3S. The number of hydrogen-bond acceptors (Lipinski definition) is 6. The predicted molar refractivity (Wildman–Crippen MR) is 130 cm³/mol. The molecule has 1 fully saturated rings. The Morgan fingerprint density at radius 1 is 1.07 bits per heavy atom. The van der Waals surface area contributed by atoms with Gasteiger partial charge in [-0.3, -0.25) is 10.1 Å². The van der Waals surface area contributed by atoms with Crippen molar-refractivity contribution in [2.24, 2.45) is 0 Å². The number of benzene rings is 2. The number of piperazine rings is 1. The molecule has 30 heavy (non-hydrogen) atoms. The maximum atomic E-state index is 12.5. The Morgan fingerprint density at radius 2 is 1.80 bits per heavy atom. The minimum absolute atomic E-state index is 0.163. The number of esters is 1. The molecule has 0 aromatic heterocycles. The van der Waals surface area contributed by atoms with Crippen molar-refractivity contribution in [3.8, 4) is 0 Å². The molecule has 0 atom stereocenters. The molecule has 1 aliphatic rings. The van der Waals surface area contributed by atoms with Crippen molar-refractivity contribution in [3.63, 3.8) is 0 Å². The van der Waals surface area contributed by atoms with E-state index in [4.69, 9.17) is 17.0 Å². The number of methoxy groups -OCH3 is 1. The summed E-state index contributed by atoms with van der Waals surface area (Å²) in [6.07, 6.45) is 0. The highest BCUT2D eigenvalue weighted by molar-refractivity contribution is 14.1. The number of carbonyl (C=O) groups is 2. The van der Waals surface area contributed by atoms with Gasteiger partial charge < -0.3 is 19.9 Å². The monoisotopic (exact) mass is 538 g/mol. The van der Waals surface area contributed by atoms with E-state index in [2.05, 4.69) is 50.1 Å². The molecule has 0 spiro atoms. The number of thiocarbonyl (C=S) groups is 1. The second-order valence-corrected chi connectivity index (χ2v) is 8.59. The molecule has 1 saturated heterocycles. The van der Waals surface area contributed by atoms with Gasteiger partial charge in [0.05, 0.1) is 24.0 Å². The summed E-state index contributed by atoms with van der Waals surface area (Å²) in [5, 5.41) is 5.96. The topological polar surface area (TPSA) is 73.9 Å². The van der Waals surface area contributed by atoms with Gasteiger partial charge in [-0.2, -0.15) is 0 Å². The largest absolute Gasteiger partial charge is 0.465 e. The van der Waals surface area contributed by atoms with Crippen LogP contribution >= 0.6 is 34.8 Å². The summed E-state index contributed by atoms with van der Waals surface area (Å²) in [7, 11) is 3.43. The van der Waals surface area contributed by atoms with Gasteiger partial charge in [-0.25, -0.2) is 4.79 Å². The molecule has 2 N–H and O–H groups in total. The molecule has 1 heterocycles. The average molecular weight is 538 g/mol. The fourth-order valence-corrected chi connectivity index (χ4v) is 3.91. The predicted octanol–water partition coefficient (Wildman–Crippen LogP) is 2.96. The number of ether oxygens (including phenoxy) is 1. The van der Waals surface area contributed by atoms with Crippen LogP contribution in [-0.2, 0) is 4.74 Å². The van der Waals surface area contributed by atoms with Crippen molar-refractivity contribution in [3.05, 3.63) is 57.2 Å². The lowest BCUT2D eigenvalue weighted by atomic mass is 10.1. The van der Waals surface area contributed by atoms with Crippen LogP contribution in [-0.4, -0.2) is 62.2 Å². The SMILES string of the molecule is COC(=O)c1ccc(N2CCN(C)CC2)c(NC(=S)NC(=O)c2cccc(I)c2)c1. The summed E-state index contributed by atoms with van der Waals surface area (Å²) in [6, 6.07) is 12.6. The number of likely N-dealkylation sites (N-methyl/N-ethyl adjacent to an activating group) is 1. The van der Waals surface area contributed by atoms with Crippen molar-refractivity contribution in [2.75, 3.05) is 50.6 Å². The molecule has 2 aromatic rings. The molecular weight excluding hydrogens is 515 g/mol. The zero-order valence-electron chi connectivity index (χ0n) is 16.8. The summed E-state index contributed by atoms with van der Waals surface area (Å²) in [5.41, 5.74) is 2.50. The molecule has 2 aromatic carbocycles. The first-order valence-electron chi connectivity index (χ1n) is 9.41. The Balaban J connectivity index is 1.80. The summed E-state index contributed by atoms with van der Waals surface area (Å²) >= 11 is 7.53. The molecule has 158 valence electrons. The first-order valence-corrected chi connectivity index (χ1v) is 10.9. The van der Waals surface area contributed by atoms with Crippen molar-refractivity contribution in [2.45, 2.75) is 0 Å². The molecule has 1 aliphatic heterocycles. The Morgan fingerprint density at radius 3 is 2.47 bits per heavy atom. The fraction of sp³-hybridized carbons (Fsp3) is 0.286. The maximum absolute atomic E-state index is 12.5. The molecule has 0 radical (unpaired) electrons. The third-order valence-corrected chi connectivity index (χ3v) is 5.70. The smallest absolute Gasteiger partial charge is 0.337 e. The van der Waals surface area contributed by atoms with Gasteiger partial charge in [-0.05, 0) is 78.3 Å². The molecule has 0 bridgehead atoms. The summed E-state index contributed by atoms with van der Waals surface area (Å²) in [5.74, 6) is -0.729. The van der Waals surface area contributed by atoms with Crippen molar-refractivity contribution < 1.29 is 14.3 Å². The van der Waals surface area contributed by atoms with Crippen LogP contribution in [0.2, 0.25) is 0 Å². The molecule has 7 nitrogen and oxygen atoms in total. The van der Waals surface area contributed by atoms with Crippen LogP contribution in [0.4, 0.5) is 11.4 Å². The van der Waals surface area contributed by atoms with E-state index in [9.17, 15) is 9.59 Å². The maximum Gasteiger partial charge on any atom is 0.337 e. The fourth-order valence-electron chi connectivity index (χ4n) is 3.16. The van der Waals surface area contributed by atoms with E-state index in [1.807, 2.05) is 18.2 Å². The van der Waals surface area contributed by atoms with Gasteiger partial charge in [0, 0.05) is 35.3 Å². The second-order valence-electron chi connectivity index (χ2n) is 6.93. The van der Waals surface area contributed by atoms with Crippen LogP contribution in [0.1, 0.15) is 20.7 Å². The van der Waals surface area contributed by atoms with Gasteiger partial charge in [0.25, 0.3) is 5.91 Å². The van der Waals surface area contributed by atoms with Crippen LogP contribution in [0.5, 0.6) is 0 Å². The highest BCUT2D eigenvalue weighted by Gasteiger charge is 2.20. The Kier molecular flexibility index (Phi) is 7.62. The van der Waals surface area contributed by atoms with E-state index in [1.165, 1.54) is 7.11 Å². The first-order chi connectivity index (χ1) is 14.4. The zero-order valence-corrected chi connectivity index (χ0v) is 19.7. The quantitative estimate of drug-likeness (QED) is 0.353. The van der Waals surface area contributed by atoms with Gasteiger partial charge in [0.2, 0.25) is 0 Å². The summed E-state index contributed by atoms with van der Waals surface area (Å²) in [4.78, 5) is 29.0. The van der Waals surface area contributed by atoms with Gasteiger partial charge in [-0.1, -0.05) is 6.07 Å². The van der Waals surface area contributed by atoms with Crippen LogP contribution in [0.25, 0.3) is 0 Å². The van der Waals surface area contributed by atoms with E-state index in [0.29, 0.717) is 16.8 Å². The molecule has 1 amide bonds. The van der Waals surface area contributed by atoms with Crippen molar-refractivity contribution in [1.82, 2.24) is 10.2 Å². The second kappa shape index (κ2) is 10.2. The highest BCUT2D eigenvalue weighted by atomic mass is 127. The summed E-state index contributed by atoms with van der Waals surface area (Å²) < 4.78 is 5.80. The van der Waals surface area contributed by atoms with Crippen molar-refractivity contribution >= 4 is 63.2 Å². The number of nitrogens with zero attached hydrogens (tertiary/aromatic N) is 2. The van der Waals surface area contributed by atoms with Crippen molar-refractivity contribution in [1.29, 1.82) is 0 Å². The molecule has 0 aliphatic carbocycles. The first kappa shape index (κ1) is 22.4. The van der Waals surface area contributed by atoms with E-state index >= 15 is 0 Å². The Bertz CT molecular complexity index is 961. The minimum atomic E-state index is -0.434. The lowest BCUT2D eigenvalue weighted by Crippen LogP contribution is -2.45. The van der Waals surface area contributed by atoms with E-state index in [1.54, 1.807) is 24.3 Å². The van der Waals surface area contributed by atoms with Gasteiger partial charge in [0.15, 0.2) is 5.11 Å². The number of halogens is 1. The number of anilines is 2. The number of hydrogen-bond donors (Lipinski definition) is 2. The zero-order chi connectivity index (χ0) is 21.7.